The lowest BCUT2D eigenvalue weighted by Gasteiger charge is -2.24. The van der Waals surface area contributed by atoms with Crippen LogP contribution < -0.4 is 14.8 Å². The predicted octanol–water partition coefficient (Wildman–Crippen LogP) is 2.33. The fourth-order valence-corrected chi connectivity index (χ4v) is 2.83. The number of hydrogen-bond donors (Lipinski definition) is 1. The number of rotatable bonds is 6. The van der Waals surface area contributed by atoms with Gasteiger partial charge in [-0.15, -0.1) is 0 Å². The van der Waals surface area contributed by atoms with E-state index in [1.165, 1.54) is 25.7 Å². The van der Waals surface area contributed by atoms with Crippen molar-refractivity contribution in [3.63, 3.8) is 0 Å². The molecular weight excluding hydrogens is 242 g/mol. The first-order chi connectivity index (χ1) is 9.30. The van der Waals surface area contributed by atoms with Gasteiger partial charge in [-0.1, -0.05) is 19.8 Å². The summed E-state index contributed by atoms with van der Waals surface area (Å²) in [4.78, 5) is 8.85. The number of nitrogens with zero attached hydrogens (tertiary/aromatic N) is 2. The zero-order valence-electron chi connectivity index (χ0n) is 12.0. The van der Waals surface area contributed by atoms with Crippen LogP contribution >= 0.6 is 0 Å². The van der Waals surface area contributed by atoms with Crippen molar-refractivity contribution >= 4 is 0 Å². The first-order valence-corrected chi connectivity index (χ1v) is 6.98. The maximum atomic E-state index is 5.38. The normalized spacial score (nSPS) is 17.4. The highest BCUT2D eigenvalue weighted by atomic mass is 16.5. The molecule has 0 amide bonds. The Bertz CT molecular complexity index is 406. The van der Waals surface area contributed by atoms with Gasteiger partial charge < -0.3 is 14.8 Å². The van der Waals surface area contributed by atoms with Crippen LogP contribution in [0.4, 0.5) is 0 Å². The van der Waals surface area contributed by atoms with E-state index in [4.69, 9.17) is 9.47 Å². The average Bonchev–Trinajstić information content (AvgIpc) is 2.98. The maximum Gasteiger partial charge on any atom is 0.240 e. The molecule has 1 heterocycles. The molecule has 1 saturated carbocycles. The minimum Gasteiger partial charge on any atom is -0.480 e. The van der Waals surface area contributed by atoms with Gasteiger partial charge in [-0.25, -0.2) is 4.98 Å². The van der Waals surface area contributed by atoms with Gasteiger partial charge >= 0.3 is 0 Å². The third kappa shape index (κ3) is 3.15. The van der Waals surface area contributed by atoms with Crippen LogP contribution in [-0.2, 0) is 0 Å². The van der Waals surface area contributed by atoms with E-state index in [1.54, 1.807) is 20.4 Å². The third-order valence-corrected chi connectivity index (χ3v) is 3.74. The van der Waals surface area contributed by atoms with Gasteiger partial charge in [0.1, 0.15) is 5.69 Å². The van der Waals surface area contributed by atoms with Gasteiger partial charge in [-0.05, 0) is 25.3 Å². The molecule has 5 heteroatoms. The highest BCUT2D eigenvalue weighted by Crippen LogP contribution is 2.37. The van der Waals surface area contributed by atoms with Gasteiger partial charge in [0.2, 0.25) is 11.8 Å². The Balaban J connectivity index is 2.29. The number of nitrogens with one attached hydrogen (secondary N) is 1. The molecule has 1 N–H and O–H groups in total. The number of ether oxygens (including phenoxy) is 2. The van der Waals surface area contributed by atoms with Crippen molar-refractivity contribution in [2.24, 2.45) is 5.92 Å². The van der Waals surface area contributed by atoms with Gasteiger partial charge in [0.05, 0.1) is 26.5 Å². The van der Waals surface area contributed by atoms with E-state index >= 15 is 0 Å². The Labute approximate surface area is 114 Å². The Morgan fingerprint density at radius 1 is 1.32 bits per heavy atom. The lowest BCUT2D eigenvalue weighted by atomic mass is 9.95. The summed E-state index contributed by atoms with van der Waals surface area (Å²) in [6.45, 7) is 3.03. The van der Waals surface area contributed by atoms with E-state index in [0.29, 0.717) is 17.7 Å². The van der Waals surface area contributed by atoms with Crippen molar-refractivity contribution in [2.75, 3.05) is 20.8 Å². The molecule has 1 unspecified atom stereocenters. The fraction of sp³-hybridized carbons (Fsp3) is 0.714. The van der Waals surface area contributed by atoms with Gasteiger partial charge in [0.25, 0.3) is 0 Å². The lowest BCUT2D eigenvalue weighted by molar-refractivity contribution is 0.322. The van der Waals surface area contributed by atoms with Crippen LogP contribution in [0.15, 0.2) is 6.20 Å². The summed E-state index contributed by atoms with van der Waals surface area (Å²) >= 11 is 0. The molecule has 19 heavy (non-hydrogen) atoms. The molecule has 106 valence electrons. The predicted molar refractivity (Wildman–Crippen MR) is 73.5 cm³/mol. The first kappa shape index (κ1) is 14.1. The summed E-state index contributed by atoms with van der Waals surface area (Å²) in [5.74, 6) is 1.68. The van der Waals surface area contributed by atoms with Crippen molar-refractivity contribution in [3.8, 4) is 11.8 Å². The molecule has 1 aromatic heterocycles. The van der Waals surface area contributed by atoms with Crippen LogP contribution in [0.1, 0.15) is 44.3 Å². The Morgan fingerprint density at radius 2 is 2.05 bits per heavy atom. The van der Waals surface area contributed by atoms with Gasteiger partial charge in [-0.3, -0.25) is 0 Å². The standard InChI is InChI=1S/C14H23N3O2/c1-4-15-12(10-7-5-6-8-10)13-14(19-3)17-11(18-2)9-16-13/h9-10,12,15H,4-8H2,1-3H3. The summed E-state index contributed by atoms with van der Waals surface area (Å²) in [7, 11) is 3.21. The number of methoxy groups -OCH3 is 2. The smallest absolute Gasteiger partial charge is 0.240 e. The summed E-state index contributed by atoms with van der Waals surface area (Å²) in [6.07, 6.45) is 6.76. The highest BCUT2D eigenvalue weighted by molar-refractivity contribution is 5.26. The molecule has 1 aromatic rings. The molecule has 0 bridgehead atoms. The molecule has 0 spiro atoms. The molecule has 1 aliphatic carbocycles. The minimum absolute atomic E-state index is 0.223. The van der Waals surface area contributed by atoms with Crippen LogP contribution in [0.25, 0.3) is 0 Å². The summed E-state index contributed by atoms with van der Waals surface area (Å²) < 4.78 is 10.5. The maximum absolute atomic E-state index is 5.38. The second-order valence-corrected chi connectivity index (χ2v) is 4.89. The van der Waals surface area contributed by atoms with Gasteiger partial charge in [-0.2, -0.15) is 4.98 Å². The molecule has 0 radical (unpaired) electrons. The highest BCUT2D eigenvalue weighted by Gasteiger charge is 2.29. The summed E-state index contributed by atoms with van der Waals surface area (Å²) in [6, 6.07) is 0.223. The van der Waals surface area contributed by atoms with Crippen molar-refractivity contribution in [2.45, 2.75) is 38.6 Å². The minimum atomic E-state index is 0.223. The molecule has 2 rings (SSSR count). The van der Waals surface area contributed by atoms with Crippen molar-refractivity contribution in [1.82, 2.24) is 15.3 Å². The lowest BCUT2D eigenvalue weighted by Crippen LogP contribution is -2.28. The van der Waals surface area contributed by atoms with Crippen LogP contribution in [0.2, 0.25) is 0 Å². The van der Waals surface area contributed by atoms with Crippen molar-refractivity contribution < 1.29 is 9.47 Å². The summed E-state index contributed by atoms with van der Waals surface area (Å²) in [5, 5.41) is 3.53. The molecule has 1 aliphatic rings. The quantitative estimate of drug-likeness (QED) is 0.855. The van der Waals surface area contributed by atoms with Crippen molar-refractivity contribution in [1.29, 1.82) is 0 Å². The van der Waals surface area contributed by atoms with Gasteiger partial charge in [0, 0.05) is 0 Å². The van der Waals surface area contributed by atoms with E-state index in [9.17, 15) is 0 Å². The average molecular weight is 265 g/mol. The zero-order chi connectivity index (χ0) is 13.7. The van der Waals surface area contributed by atoms with E-state index in [1.807, 2.05) is 0 Å². The van der Waals surface area contributed by atoms with E-state index in [-0.39, 0.29) is 6.04 Å². The Kier molecular flexibility index (Phi) is 4.96. The molecule has 0 aliphatic heterocycles. The van der Waals surface area contributed by atoms with Crippen molar-refractivity contribution in [3.05, 3.63) is 11.9 Å². The molecule has 1 atom stereocenters. The van der Waals surface area contributed by atoms with Gasteiger partial charge in [0.15, 0.2) is 0 Å². The topological polar surface area (TPSA) is 56.3 Å². The molecule has 0 saturated heterocycles. The second-order valence-electron chi connectivity index (χ2n) is 4.89. The summed E-state index contributed by atoms with van der Waals surface area (Å²) in [5.41, 5.74) is 0.900. The van der Waals surface area contributed by atoms with Crippen LogP contribution in [0.3, 0.4) is 0 Å². The SMILES string of the molecule is CCNC(c1ncc(OC)nc1OC)C1CCCC1. The molecular formula is C14H23N3O2. The fourth-order valence-electron chi connectivity index (χ4n) is 2.83. The number of hydrogen-bond acceptors (Lipinski definition) is 5. The Morgan fingerprint density at radius 3 is 2.63 bits per heavy atom. The number of aromatic nitrogens is 2. The third-order valence-electron chi connectivity index (χ3n) is 3.74. The monoisotopic (exact) mass is 265 g/mol. The zero-order valence-corrected chi connectivity index (χ0v) is 12.0. The van der Waals surface area contributed by atoms with Crippen LogP contribution in [0, 0.1) is 5.92 Å². The van der Waals surface area contributed by atoms with Crippen LogP contribution in [-0.4, -0.2) is 30.7 Å². The molecule has 1 fully saturated rings. The molecule has 5 nitrogen and oxygen atoms in total. The first-order valence-electron chi connectivity index (χ1n) is 6.98. The van der Waals surface area contributed by atoms with E-state index in [0.717, 1.165) is 12.2 Å². The molecule has 0 aromatic carbocycles. The van der Waals surface area contributed by atoms with E-state index < -0.39 is 0 Å². The largest absolute Gasteiger partial charge is 0.480 e. The second kappa shape index (κ2) is 6.70. The van der Waals surface area contributed by atoms with Crippen LogP contribution in [0.5, 0.6) is 11.8 Å². The van der Waals surface area contributed by atoms with E-state index in [2.05, 4.69) is 22.2 Å². The Hall–Kier alpha value is -1.36.